The van der Waals surface area contributed by atoms with Crippen LogP contribution in [0.25, 0.3) is 0 Å². The van der Waals surface area contributed by atoms with Crippen LogP contribution in [0.5, 0.6) is 5.75 Å². The molecule has 1 saturated heterocycles. The molecule has 2 aromatic carbocycles. The number of nitrogens with one attached hydrogen (secondary N) is 1. The maximum absolute atomic E-state index is 14.0. The number of amides is 2. The van der Waals surface area contributed by atoms with Gasteiger partial charge in [-0.25, -0.2) is 4.39 Å². The maximum Gasteiger partial charge on any atom is 0.257 e. The fourth-order valence-electron chi connectivity index (χ4n) is 3.20. The second-order valence-electron chi connectivity index (χ2n) is 6.44. The lowest BCUT2D eigenvalue weighted by molar-refractivity contribution is -0.114. The molecule has 1 aliphatic heterocycles. The van der Waals surface area contributed by atoms with Gasteiger partial charge < -0.3 is 19.9 Å². The topological polar surface area (TPSA) is 61.9 Å². The standard InChI is InChI=1S/C20H21ClFN3O3/c1-13(26)23-17-12-19(28-2)14(11-15(17)21)20(27)25-9-7-24(8-10-25)18-6-4-3-5-16(18)22/h3-6,11-12H,7-10H2,1-2H3,(H,23,26). The molecule has 6 nitrogen and oxygen atoms in total. The van der Waals surface area contributed by atoms with E-state index in [4.69, 9.17) is 16.3 Å². The minimum atomic E-state index is -0.274. The number of carbonyl (C=O) groups excluding carboxylic acids is 2. The molecule has 148 valence electrons. The van der Waals surface area contributed by atoms with Crippen molar-refractivity contribution in [3.63, 3.8) is 0 Å². The summed E-state index contributed by atoms with van der Waals surface area (Å²) in [5, 5.41) is 2.86. The lowest BCUT2D eigenvalue weighted by Gasteiger charge is -2.36. The smallest absolute Gasteiger partial charge is 0.257 e. The van der Waals surface area contributed by atoms with Crippen molar-refractivity contribution >= 4 is 34.8 Å². The lowest BCUT2D eigenvalue weighted by Crippen LogP contribution is -2.49. The van der Waals surface area contributed by atoms with Gasteiger partial charge in [0.15, 0.2) is 0 Å². The number of ether oxygens (including phenoxy) is 1. The van der Waals surface area contributed by atoms with Crippen LogP contribution in [0.2, 0.25) is 5.02 Å². The predicted octanol–water partition coefficient (Wildman–Crippen LogP) is 3.41. The van der Waals surface area contributed by atoms with E-state index in [1.807, 2.05) is 4.90 Å². The van der Waals surface area contributed by atoms with Gasteiger partial charge in [0, 0.05) is 39.2 Å². The molecule has 0 aliphatic carbocycles. The summed E-state index contributed by atoms with van der Waals surface area (Å²) in [5.41, 5.74) is 1.24. The van der Waals surface area contributed by atoms with Gasteiger partial charge in [-0.2, -0.15) is 0 Å². The molecule has 1 aliphatic rings. The Labute approximate surface area is 167 Å². The van der Waals surface area contributed by atoms with Gasteiger partial charge in [0.05, 0.1) is 29.1 Å². The average Bonchev–Trinajstić information content (AvgIpc) is 2.69. The van der Waals surface area contributed by atoms with Crippen LogP contribution in [-0.2, 0) is 4.79 Å². The molecule has 1 N–H and O–H groups in total. The summed E-state index contributed by atoms with van der Waals surface area (Å²) in [6, 6.07) is 9.63. The molecular formula is C20H21ClFN3O3. The van der Waals surface area contributed by atoms with E-state index in [0.29, 0.717) is 48.9 Å². The van der Waals surface area contributed by atoms with Crippen LogP contribution in [0, 0.1) is 5.82 Å². The average molecular weight is 406 g/mol. The normalized spacial score (nSPS) is 14.0. The highest BCUT2D eigenvalue weighted by molar-refractivity contribution is 6.34. The van der Waals surface area contributed by atoms with Crippen molar-refractivity contribution in [2.45, 2.75) is 6.92 Å². The van der Waals surface area contributed by atoms with Crippen molar-refractivity contribution in [1.29, 1.82) is 0 Å². The number of methoxy groups -OCH3 is 1. The molecule has 28 heavy (non-hydrogen) atoms. The number of carbonyl (C=O) groups is 2. The predicted molar refractivity (Wildman–Crippen MR) is 107 cm³/mol. The molecule has 0 bridgehead atoms. The van der Waals surface area contributed by atoms with Crippen LogP contribution in [0.1, 0.15) is 17.3 Å². The Morgan fingerprint density at radius 1 is 1.14 bits per heavy atom. The molecular weight excluding hydrogens is 385 g/mol. The van der Waals surface area contributed by atoms with E-state index in [0.717, 1.165) is 0 Å². The van der Waals surface area contributed by atoms with Gasteiger partial charge in [-0.15, -0.1) is 0 Å². The molecule has 8 heteroatoms. The molecule has 3 rings (SSSR count). The third-order valence-corrected chi connectivity index (χ3v) is 4.90. The molecule has 0 spiro atoms. The van der Waals surface area contributed by atoms with Crippen LogP contribution in [0.15, 0.2) is 36.4 Å². The van der Waals surface area contributed by atoms with Gasteiger partial charge >= 0.3 is 0 Å². The largest absolute Gasteiger partial charge is 0.496 e. The van der Waals surface area contributed by atoms with E-state index in [9.17, 15) is 14.0 Å². The zero-order valence-electron chi connectivity index (χ0n) is 15.7. The van der Waals surface area contributed by atoms with Gasteiger partial charge in [0.25, 0.3) is 5.91 Å². The van der Waals surface area contributed by atoms with Crippen LogP contribution in [-0.4, -0.2) is 50.0 Å². The number of hydrogen-bond acceptors (Lipinski definition) is 4. The molecule has 1 heterocycles. The summed E-state index contributed by atoms with van der Waals surface area (Å²) in [5.74, 6) is -0.437. The maximum atomic E-state index is 14.0. The number of rotatable bonds is 4. The summed E-state index contributed by atoms with van der Waals surface area (Å²) in [6.45, 7) is 3.30. The summed E-state index contributed by atoms with van der Waals surface area (Å²) in [4.78, 5) is 27.9. The highest BCUT2D eigenvalue weighted by Crippen LogP contribution is 2.32. The fraction of sp³-hybridized carbons (Fsp3) is 0.300. The Morgan fingerprint density at radius 2 is 1.82 bits per heavy atom. The minimum Gasteiger partial charge on any atom is -0.496 e. The zero-order valence-corrected chi connectivity index (χ0v) is 16.4. The first-order valence-electron chi connectivity index (χ1n) is 8.84. The second kappa shape index (κ2) is 8.48. The highest BCUT2D eigenvalue weighted by Gasteiger charge is 2.26. The van der Waals surface area contributed by atoms with Gasteiger partial charge in [-0.3, -0.25) is 9.59 Å². The van der Waals surface area contributed by atoms with E-state index in [1.54, 1.807) is 23.1 Å². The van der Waals surface area contributed by atoms with E-state index in [2.05, 4.69) is 5.32 Å². The zero-order chi connectivity index (χ0) is 20.3. The van der Waals surface area contributed by atoms with Crippen molar-refractivity contribution in [3.8, 4) is 5.75 Å². The molecule has 0 atom stereocenters. The summed E-state index contributed by atoms with van der Waals surface area (Å²) < 4.78 is 19.3. The third-order valence-electron chi connectivity index (χ3n) is 4.59. The molecule has 1 fully saturated rings. The third kappa shape index (κ3) is 4.20. The molecule has 0 radical (unpaired) electrons. The van der Waals surface area contributed by atoms with Gasteiger partial charge in [-0.1, -0.05) is 23.7 Å². The van der Waals surface area contributed by atoms with Crippen molar-refractivity contribution in [3.05, 3.63) is 52.8 Å². The fourth-order valence-corrected chi connectivity index (χ4v) is 3.41. The van der Waals surface area contributed by atoms with Crippen molar-refractivity contribution in [1.82, 2.24) is 4.90 Å². The van der Waals surface area contributed by atoms with Crippen LogP contribution >= 0.6 is 11.6 Å². The molecule has 0 aromatic heterocycles. The van der Waals surface area contributed by atoms with E-state index in [-0.39, 0.29) is 22.7 Å². The second-order valence-corrected chi connectivity index (χ2v) is 6.85. The van der Waals surface area contributed by atoms with Crippen LogP contribution < -0.4 is 15.0 Å². The van der Waals surface area contributed by atoms with Crippen LogP contribution in [0.4, 0.5) is 15.8 Å². The van der Waals surface area contributed by atoms with Gasteiger partial charge in [-0.05, 0) is 18.2 Å². The number of nitrogens with zero attached hydrogens (tertiary/aromatic N) is 2. The summed E-state index contributed by atoms with van der Waals surface area (Å²) in [7, 11) is 1.45. The van der Waals surface area contributed by atoms with Crippen molar-refractivity contribution < 1.29 is 18.7 Å². The SMILES string of the molecule is COc1cc(NC(C)=O)c(Cl)cc1C(=O)N1CCN(c2ccccc2F)CC1. The number of anilines is 2. The summed E-state index contributed by atoms with van der Waals surface area (Å²) >= 11 is 6.22. The Morgan fingerprint density at radius 3 is 2.43 bits per heavy atom. The number of benzene rings is 2. The molecule has 2 amide bonds. The van der Waals surface area contributed by atoms with E-state index < -0.39 is 0 Å². The molecule has 2 aromatic rings. The quantitative estimate of drug-likeness (QED) is 0.846. The molecule has 0 unspecified atom stereocenters. The van der Waals surface area contributed by atoms with Gasteiger partial charge in [0.2, 0.25) is 5.91 Å². The Hall–Kier alpha value is -2.80. The van der Waals surface area contributed by atoms with E-state index >= 15 is 0 Å². The number of hydrogen-bond donors (Lipinski definition) is 1. The first kappa shape index (κ1) is 19.9. The Bertz CT molecular complexity index is 898. The lowest BCUT2D eigenvalue weighted by atomic mass is 10.1. The first-order valence-corrected chi connectivity index (χ1v) is 9.22. The number of para-hydroxylation sites is 1. The highest BCUT2D eigenvalue weighted by atomic mass is 35.5. The van der Waals surface area contributed by atoms with Crippen LogP contribution in [0.3, 0.4) is 0 Å². The van der Waals surface area contributed by atoms with Crippen molar-refractivity contribution in [2.24, 2.45) is 0 Å². The number of halogens is 2. The minimum absolute atomic E-state index is 0.221. The number of piperazine rings is 1. The first-order chi connectivity index (χ1) is 13.4. The van der Waals surface area contributed by atoms with E-state index in [1.165, 1.54) is 32.2 Å². The Kier molecular flexibility index (Phi) is 6.04. The summed E-state index contributed by atoms with van der Waals surface area (Å²) in [6.07, 6.45) is 0. The Balaban J connectivity index is 1.75. The molecule has 0 saturated carbocycles. The monoisotopic (exact) mass is 405 g/mol. The van der Waals surface area contributed by atoms with Crippen molar-refractivity contribution in [2.75, 3.05) is 43.5 Å². The van der Waals surface area contributed by atoms with Gasteiger partial charge in [0.1, 0.15) is 11.6 Å².